The molecule has 4 unspecified atom stereocenters. The molecule has 2 bridgehead atoms. The van der Waals surface area contributed by atoms with E-state index in [2.05, 4.69) is 0 Å². The van der Waals surface area contributed by atoms with Crippen LogP contribution in [0.15, 0.2) is 0 Å². The van der Waals surface area contributed by atoms with Crippen molar-refractivity contribution in [3.8, 4) is 0 Å². The van der Waals surface area contributed by atoms with Crippen LogP contribution in [0.5, 0.6) is 0 Å². The van der Waals surface area contributed by atoms with Gasteiger partial charge in [0.05, 0.1) is 19.3 Å². The number of hydrogen-bond donors (Lipinski definition) is 2. The van der Waals surface area contributed by atoms with Gasteiger partial charge in [0.25, 0.3) is 0 Å². The van der Waals surface area contributed by atoms with E-state index in [1.54, 1.807) is 12.1 Å². The third-order valence-corrected chi connectivity index (χ3v) is 2.79. The van der Waals surface area contributed by atoms with E-state index in [1.807, 2.05) is 6.92 Å². The van der Waals surface area contributed by atoms with Gasteiger partial charge in [-0.1, -0.05) is 0 Å². The van der Waals surface area contributed by atoms with E-state index in [1.165, 1.54) is 0 Å². The van der Waals surface area contributed by atoms with E-state index < -0.39 is 11.7 Å². The molecule has 13 heavy (non-hydrogen) atoms. The lowest BCUT2D eigenvalue weighted by atomic mass is 9.94. The highest BCUT2D eigenvalue weighted by Gasteiger charge is 2.57. The summed E-state index contributed by atoms with van der Waals surface area (Å²) < 4.78 is 5.54. The fourth-order valence-corrected chi connectivity index (χ4v) is 2.14. The van der Waals surface area contributed by atoms with Gasteiger partial charge in [0.1, 0.15) is 17.8 Å². The third kappa shape index (κ3) is 1.19. The standard InChI is InChI=1S/C8H15NO4/c1-5-6-7(11)8(4-10,12-5)3-9(2)13-6/h5-7,10-11H,3-4H2,1-2H3. The molecule has 0 spiro atoms. The van der Waals surface area contributed by atoms with Gasteiger partial charge < -0.3 is 14.9 Å². The highest BCUT2D eigenvalue weighted by atomic mass is 16.7. The van der Waals surface area contributed by atoms with Crippen molar-refractivity contribution in [1.82, 2.24) is 5.06 Å². The molecule has 2 N–H and O–H groups in total. The number of hydroxylamine groups is 2. The summed E-state index contributed by atoms with van der Waals surface area (Å²) in [5.41, 5.74) is -0.850. The molecule has 0 saturated carbocycles. The molecule has 5 heteroatoms. The van der Waals surface area contributed by atoms with Crippen molar-refractivity contribution in [1.29, 1.82) is 0 Å². The largest absolute Gasteiger partial charge is 0.393 e. The SMILES string of the molecule is CC1OC2(CO)CN(C)OC1C2O. The summed E-state index contributed by atoms with van der Waals surface area (Å²) in [7, 11) is 1.77. The number of aliphatic hydroxyl groups excluding tert-OH is 2. The fraction of sp³-hybridized carbons (Fsp3) is 1.00. The Balaban J connectivity index is 2.26. The summed E-state index contributed by atoms with van der Waals surface area (Å²) in [6.07, 6.45) is -1.26. The second-order valence-electron chi connectivity index (χ2n) is 3.85. The predicted molar refractivity (Wildman–Crippen MR) is 43.9 cm³/mol. The van der Waals surface area contributed by atoms with Crippen LogP contribution >= 0.6 is 0 Å². The Morgan fingerprint density at radius 2 is 2.31 bits per heavy atom. The van der Waals surface area contributed by atoms with Gasteiger partial charge in [0.15, 0.2) is 0 Å². The fourth-order valence-electron chi connectivity index (χ4n) is 2.14. The summed E-state index contributed by atoms with van der Waals surface area (Å²) in [5.74, 6) is 0. The first-order valence-corrected chi connectivity index (χ1v) is 4.44. The van der Waals surface area contributed by atoms with Crippen molar-refractivity contribution in [3.63, 3.8) is 0 Å². The average Bonchev–Trinajstić information content (AvgIpc) is 2.26. The highest BCUT2D eigenvalue weighted by Crippen LogP contribution is 2.37. The van der Waals surface area contributed by atoms with E-state index in [0.717, 1.165) is 0 Å². The number of nitrogens with zero attached hydrogens (tertiary/aromatic N) is 1. The summed E-state index contributed by atoms with van der Waals surface area (Å²) in [4.78, 5) is 5.38. The number of hydrogen-bond acceptors (Lipinski definition) is 5. The van der Waals surface area contributed by atoms with Crippen LogP contribution in [0.2, 0.25) is 0 Å². The Hall–Kier alpha value is -0.200. The molecule has 2 aliphatic heterocycles. The van der Waals surface area contributed by atoms with Gasteiger partial charge >= 0.3 is 0 Å². The second-order valence-corrected chi connectivity index (χ2v) is 3.85. The minimum atomic E-state index is -0.850. The molecule has 0 amide bonds. The lowest BCUT2D eigenvalue weighted by Gasteiger charge is -2.38. The predicted octanol–water partition coefficient (Wildman–Crippen LogP) is -1.26. The smallest absolute Gasteiger partial charge is 0.135 e. The Morgan fingerprint density at radius 3 is 2.92 bits per heavy atom. The van der Waals surface area contributed by atoms with Crippen molar-refractivity contribution in [2.75, 3.05) is 20.2 Å². The molecule has 2 fully saturated rings. The van der Waals surface area contributed by atoms with Crippen molar-refractivity contribution >= 4 is 0 Å². The summed E-state index contributed by atoms with van der Waals surface area (Å²) in [6.45, 7) is 2.05. The maximum Gasteiger partial charge on any atom is 0.135 e. The number of fused-ring (bicyclic) bond motifs is 2. The van der Waals surface area contributed by atoms with Gasteiger partial charge in [-0.05, 0) is 6.92 Å². The van der Waals surface area contributed by atoms with Crippen LogP contribution in [0.1, 0.15) is 6.92 Å². The zero-order valence-corrected chi connectivity index (χ0v) is 7.80. The Kier molecular flexibility index (Phi) is 2.08. The van der Waals surface area contributed by atoms with Gasteiger partial charge in [-0.3, -0.25) is 4.84 Å². The number of ether oxygens (including phenoxy) is 1. The maximum absolute atomic E-state index is 9.81. The number of aliphatic hydroxyl groups is 2. The first kappa shape index (κ1) is 9.36. The summed E-state index contributed by atoms with van der Waals surface area (Å²) in [6, 6.07) is 0. The zero-order valence-electron chi connectivity index (χ0n) is 7.80. The molecular formula is C8H15NO4. The molecule has 0 aromatic rings. The molecule has 0 aromatic heterocycles. The molecule has 2 saturated heterocycles. The Bertz CT molecular complexity index is 208. The minimum Gasteiger partial charge on any atom is -0.393 e. The highest BCUT2D eigenvalue weighted by molar-refractivity contribution is 5.04. The first-order valence-electron chi connectivity index (χ1n) is 4.44. The maximum atomic E-state index is 9.81. The molecule has 0 aromatic carbocycles. The summed E-state index contributed by atoms with van der Waals surface area (Å²) in [5, 5.41) is 20.6. The van der Waals surface area contributed by atoms with Crippen LogP contribution in [0.3, 0.4) is 0 Å². The van der Waals surface area contributed by atoms with E-state index in [4.69, 9.17) is 9.57 Å². The topological polar surface area (TPSA) is 62.2 Å². The number of rotatable bonds is 1. The van der Waals surface area contributed by atoms with Crippen LogP contribution < -0.4 is 0 Å². The van der Waals surface area contributed by atoms with Gasteiger partial charge in [-0.2, -0.15) is 5.06 Å². The molecular weight excluding hydrogens is 174 g/mol. The summed E-state index contributed by atoms with van der Waals surface area (Å²) >= 11 is 0. The Labute approximate surface area is 76.8 Å². The van der Waals surface area contributed by atoms with Crippen molar-refractivity contribution in [2.45, 2.75) is 30.8 Å². The third-order valence-electron chi connectivity index (χ3n) is 2.79. The molecule has 0 aliphatic carbocycles. The van der Waals surface area contributed by atoms with Crippen molar-refractivity contribution in [2.24, 2.45) is 0 Å². The average molecular weight is 189 g/mol. The number of likely N-dealkylation sites (N-methyl/N-ethyl adjacent to an activating group) is 1. The molecule has 4 atom stereocenters. The van der Waals surface area contributed by atoms with Crippen LogP contribution in [-0.2, 0) is 9.57 Å². The molecule has 2 heterocycles. The van der Waals surface area contributed by atoms with Gasteiger partial charge in [0, 0.05) is 7.05 Å². The zero-order chi connectivity index (χ0) is 9.64. The van der Waals surface area contributed by atoms with E-state index in [9.17, 15) is 10.2 Å². The lowest BCUT2D eigenvalue weighted by Crippen LogP contribution is -2.58. The lowest BCUT2D eigenvalue weighted by molar-refractivity contribution is -0.255. The molecule has 2 aliphatic rings. The molecule has 0 radical (unpaired) electrons. The van der Waals surface area contributed by atoms with Gasteiger partial charge in [0.2, 0.25) is 0 Å². The van der Waals surface area contributed by atoms with Gasteiger partial charge in [-0.25, -0.2) is 0 Å². The molecule has 2 rings (SSSR count). The van der Waals surface area contributed by atoms with Crippen molar-refractivity contribution in [3.05, 3.63) is 0 Å². The van der Waals surface area contributed by atoms with Gasteiger partial charge in [-0.15, -0.1) is 0 Å². The molecule has 5 nitrogen and oxygen atoms in total. The Morgan fingerprint density at radius 1 is 1.62 bits per heavy atom. The van der Waals surface area contributed by atoms with Crippen LogP contribution in [0, 0.1) is 0 Å². The first-order chi connectivity index (χ1) is 6.09. The van der Waals surface area contributed by atoms with Crippen molar-refractivity contribution < 1.29 is 19.8 Å². The van der Waals surface area contributed by atoms with E-state index in [-0.39, 0.29) is 18.8 Å². The van der Waals surface area contributed by atoms with E-state index in [0.29, 0.717) is 6.54 Å². The molecule has 76 valence electrons. The van der Waals surface area contributed by atoms with Crippen LogP contribution in [-0.4, -0.2) is 59.4 Å². The minimum absolute atomic E-state index is 0.174. The van der Waals surface area contributed by atoms with E-state index >= 15 is 0 Å². The normalized spacial score (nSPS) is 51.2. The second kappa shape index (κ2) is 2.90. The van der Waals surface area contributed by atoms with Crippen LogP contribution in [0.4, 0.5) is 0 Å². The quantitative estimate of drug-likeness (QED) is 0.539. The monoisotopic (exact) mass is 189 g/mol. The van der Waals surface area contributed by atoms with Crippen LogP contribution in [0.25, 0.3) is 0 Å².